The van der Waals surface area contributed by atoms with E-state index in [0.717, 1.165) is 12.8 Å². The van der Waals surface area contributed by atoms with Gasteiger partial charge < -0.3 is 10.6 Å². The molecule has 0 spiro atoms. The number of thioether (sulfide) groups is 1. The molecule has 1 aromatic rings. The fourth-order valence-electron chi connectivity index (χ4n) is 1.80. The minimum Gasteiger partial charge on any atom is -0.373 e. The summed E-state index contributed by atoms with van der Waals surface area (Å²) in [5.74, 6) is 2.16. The lowest BCUT2D eigenvalue weighted by Gasteiger charge is -2.08. The molecule has 0 bridgehead atoms. The Labute approximate surface area is 123 Å². The lowest BCUT2D eigenvalue weighted by molar-refractivity contribution is -0.384. The molecule has 0 aliphatic heterocycles. The Morgan fingerprint density at radius 1 is 1.30 bits per heavy atom. The van der Waals surface area contributed by atoms with E-state index in [1.54, 1.807) is 13.1 Å². The maximum Gasteiger partial charge on any atom is 0.311 e. The minimum atomic E-state index is -0.409. The number of pyridine rings is 1. The molecule has 0 aromatic carbocycles. The van der Waals surface area contributed by atoms with E-state index in [-0.39, 0.29) is 5.69 Å². The largest absolute Gasteiger partial charge is 0.373 e. The fraction of sp³-hybridized carbons (Fsp3) is 0.615. The van der Waals surface area contributed by atoms with E-state index in [1.165, 1.54) is 24.7 Å². The Balaban J connectivity index is 2.43. The van der Waals surface area contributed by atoms with Gasteiger partial charge in [-0.25, -0.2) is 4.98 Å². The van der Waals surface area contributed by atoms with Gasteiger partial charge in [-0.15, -0.1) is 0 Å². The number of unbranched alkanes of at least 4 members (excludes halogenated alkanes) is 3. The molecule has 0 saturated heterocycles. The van der Waals surface area contributed by atoms with E-state index in [4.69, 9.17) is 0 Å². The molecule has 1 rings (SSSR count). The quantitative estimate of drug-likeness (QED) is 0.391. The van der Waals surface area contributed by atoms with Gasteiger partial charge in [0.25, 0.3) is 0 Å². The highest BCUT2D eigenvalue weighted by atomic mass is 32.2. The van der Waals surface area contributed by atoms with Crippen LogP contribution in [0.2, 0.25) is 0 Å². The smallest absolute Gasteiger partial charge is 0.311 e. The number of anilines is 2. The van der Waals surface area contributed by atoms with Crippen molar-refractivity contribution >= 4 is 29.1 Å². The van der Waals surface area contributed by atoms with Crippen LogP contribution in [0.1, 0.15) is 25.7 Å². The second-order valence-corrected chi connectivity index (χ2v) is 5.39. The fourth-order valence-corrected chi connectivity index (χ4v) is 2.29. The van der Waals surface area contributed by atoms with E-state index in [1.807, 2.05) is 11.8 Å². The Morgan fingerprint density at radius 3 is 2.70 bits per heavy atom. The Kier molecular flexibility index (Phi) is 7.79. The monoisotopic (exact) mass is 298 g/mol. The number of hydrogen-bond donors (Lipinski definition) is 2. The summed E-state index contributed by atoms with van der Waals surface area (Å²) in [5, 5.41) is 16.9. The first-order valence-corrected chi connectivity index (χ1v) is 8.14. The summed E-state index contributed by atoms with van der Waals surface area (Å²) in [4.78, 5) is 14.7. The number of hydrogen-bond acceptors (Lipinski definition) is 6. The van der Waals surface area contributed by atoms with E-state index < -0.39 is 4.92 Å². The van der Waals surface area contributed by atoms with Crippen LogP contribution in [0.5, 0.6) is 0 Å². The van der Waals surface area contributed by atoms with Crippen molar-refractivity contribution in [2.24, 2.45) is 0 Å². The number of aromatic nitrogens is 1. The number of nitrogens with zero attached hydrogens (tertiary/aromatic N) is 2. The highest BCUT2D eigenvalue weighted by molar-refractivity contribution is 7.98. The molecule has 1 aromatic heterocycles. The summed E-state index contributed by atoms with van der Waals surface area (Å²) in [7, 11) is 1.74. The number of nitrogens with one attached hydrogen (secondary N) is 2. The number of nitro groups is 1. The zero-order chi connectivity index (χ0) is 14.8. The molecule has 0 unspecified atom stereocenters. The van der Waals surface area contributed by atoms with Crippen LogP contribution in [-0.4, -0.2) is 35.5 Å². The van der Waals surface area contributed by atoms with Gasteiger partial charge in [0.05, 0.1) is 4.92 Å². The first-order chi connectivity index (χ1) is 9.69. The van der Waals surface area contributed by atoms with Gasteiger partial charge in [0, 0.05) is 19.7 Å². The standard InChI is InChI=1S/C13H22N4O2S/c1-14-12-8-7-11(17(18)19)13(16-12)15-9-5-3-4-6-10-20-2/h7-8H,3-6,9-10H2,1-2H3,(H2,14,15,16). The van der Waals surface area contributed by atoms with E-state index >= 15 is 0 Å². The molecule has 1 heterocycles. The van der Waals surface area contributed by atoms with Crippen molar-refractivity contribution in [3.05, 3.63) is 22.2 Å². The first-order valence-electron chi connectivity index (χ1n) is 6.75. The molecule has 0 saturated carbocycles. The molecule has 0 aliphatic carbocycles. The van der Waals surface area contributed by atoms with Crippen LogP contribution in [0.3, 0.4) is 0 Å². The predicted octanol–water partition coefficient (Wildman–Crippen LogP) is 3.37. The van der Waals surface area contributed by atoms with Crippen molar-refractivity contribution in [1.82, 2.24) is 4.98 Å². The molecule has 2 N–H and O–H groups in total. The average molecular weight is 298 g/mol. The van der Waals surface area contributed by atoms with Gasteiger partial charge >= 0.3 is 5.69 Å². The van der Waals surface area contributed by atoms with Gasteiger partial charge in [0.15, 0.2) is 0 Å². The van der Waals surface area contributed by atoms with E-state index in [0.29, 0.717) is 18.2 Å². The van der Waals surface area contributed by atoms with Crippen LogP contribution in [0, 0.1) is 10.1 Å². The van der Waals surface area contributed by atoms with Crippen LogP contribution in [0.4, 0.5) is 17.3 Å². The molecule has 20 heavy (non-hydrogen) atoms. The van der Waals surface area contributed by atoms with Crippen molar-refractivity contribution in [3.8, 4) is 0 Å². The molecule has 6 nitrogen and oxygen atoms in total. The summed E-state index contributed by atoms with van der Waals surface area (Å²) in [6.07, 6.45) is 6.68. The maximum absolute atomic E-state index is 10.9. The van der Waals surface area contributed by atoms with E-state index in [9.17, 15) is 10.1 Å². The molecule has 0 atom stereocenters. The highest BCUT2D eigenvalue weighted by Gasteiger charge is 2.15. The molecule has 7 heteroatoms. The lowest BCUT2D eigenvalue weighted by atomic mass is 10.2. The molecule has 0 fully saturated rings. The summed E-state index contributed by atoms with van der Waals surface area (Å²) in [6, 6.07) is 3.07. The van der Waals surface area contributed by atoms with Gasteiger partial charge in [-0.1, -0.05) is 12.8 Å². The normalized spacial score (nSPS) is 10.3. The molecule has 112 valence electrons. The van der Waals surface area contributed by atoms with Crippen molar-refractivity contribution in [2.75, 3.05) is 36.2 Å². The van der Waals surface area contributed by atoms with Crippen LogP contribution < -0.4 is 10.6 Å². The second kappa shape index (κ2) is 9.41. The van der Waals surface area contributed by atoms with Crippen molar-refractivity contribution < 1.29 is 4.92 Å². The van der Waals surface area contributed by atoms with Crippen LogP contribution >= 0.6 is 11.8 Å². The number of rotatable bonds is 10. The third kappa shape index (κ3) is 5.64. The van der Waals surface area contributed by atoms with Crippen molar-refractivity contribution in [2.45, 2.75) is 25.7 Å². The third-order valence-corrected chi connectivity index (χ3v) is 3.59. The van der Waals surface area contributed by atoms with Crippen molar-refractivity contribution in [3.63, 3.8) is 0 Å². The molecule has 0 radical (unpaired) electrons. The SMILES string of the molecule is CNc1ccc([N+](=O)[O-])c(NCCCCCCSC)n1. The molecular weight excluding hydrogens is 276 g/mol. The predicted molar refractivity (Wildman–Crippen MR) is 85.8 cm³/mol. The van der Waals surface area contributed by atoms with Crippen LogP contribution in [0.25, 0.3) is 0 Å². The molecule has 0 aliphatic rings. The van der Waals surface area contributed by atoms with Gasteiger partial charge in [0.2, 0.25) is 5.82 Å². The summed E-state index contributed by atoms with van der Waals surface area (Å²) >= 11 is 1.86. The summed E-state index contributed by atoms with van der Waals surface area (Å²) in [5.41, 5.74) is 0.0198. The highest BCUT2D eigenvalue weighted by Crippen LogP contribution is 2.23. The lowest BCUT2D eigenvalue weighted by Crippen LogP contribution is -2.07. The zero-order valence-corrected chi connectivity index (χ0v) is 12.8. The van der Waals surface area contributed by atoms with Crippen LogP contribution in [0.15, 0.2) is 12.1 Å². The third-order valence-electron chi connectivity index (χ3n) is 2.89. The average Bonchev–Trinajstić information content (AvgIpc) is 2.45. The molecular formula is C13H22N4O2S. The Hall–Kier alpha value is -1.50. The Morgan fingerprint density at radius 2 is 2.05 bits per heavy atom. The maximum atomic E-state index is 10.9. The van der Waals surface area contributed by atoms with Gasteiger partial charge in [-0.2, -0.15) is 11.8 Å². The minimum absolute atomic E-state index is 0.0198. The second-order valence-electron chi connectivity index (χ2n) is 4.41. The van der Waals surface area contributed by atoms with Gasteiger partial charge in [-0.05, 0) is 30.9 Å². The topological polar surface area (TPSA) is 80.1 Å². The summed E-state index contributed by atoms with van der Waals surface area (Å²) < 4.78 is 0. The van der Waals surface area contributed by atoms with Gasteiger partial charge in [0.1, 0.15) is 5.82 Å². The zero-order valence-electron chi connectivity index (χ0n) is 12.0. The Bertz CT molecular complexity index is 429. The summed E-state index contributed by atoms with van der Waals surface area (Å²) in [6.45, 7) is 0.709. The van der Waals surface area contributed by atoms with Gasteiger partial charge in [-0.3, -0.25) is 10.1 Å². The van der Waals surface area contributed by atoms with E-state index in [2.05, 4.69) is 21.9 Å². The first kappa shape index (κ1) is 16.6. The van der Waals surface area contributed by atoms with Crippen LogP contribution in [-0.2, 0) is 0 Å². The molecule has 0 amide bonds. The van der Waals surface area contributed by atoms with Crippen molar-refractivity contribution in [1.29, 1.82) is 0 Å².